The molecule has 0 aromatic carbocycles. The van der Waals surface area contributed by atoms with Crippen molar-refractivity contribution in [2.45, 2.75) is 31.8 Å². The van der Waals surface area contributed by atoms with Gasteiger partial charge < -0.3 is 19.7 Å². The molecular weight excluding hydrogens is 232 g/mol. The van der Waals surface area contributed by atoms with Crippen LogP contribution in [-0.4, -0.2) is 42.2 Å². The van der Waals surface area contributed by atoms with Crippen LogP contribution in [0.3, 0.4) is 0 Å². The molecule has 2 heterocycles. The average molecular weight is 252 g/mol. The summed E-state index contributed by atoms with van der Waals surface area (Å²) in [5.41, 5.74) is 0.250. The van der Waals surface area contributed by atoms with Crippen LogP contribution in [0.5, 0.6) is 0 Å². The van der Waals surface area contributed by atoms with Crippen LogP contribution in [0, 0.1) is 0 Å². The zero-order chi connectivity index (χ0) is 13.0. The zero-order valence-electron chi connectivity index (χ0n) is 10.7. The number of nitrogens with zero attached hydrogens (tertiary/aromatic N) is 1. The van der Waals surface area contributed by atoms with Crippen LogP contribution in [0.15, 0.2) is 16.7 Å². The molecule has 0 spiro atoms. The third kappa shape index (κ3) is 3.11. The molecule has 0 aliphatic carbocycles. The highest BCUT2D eigenvalue weighted by atomic mass is 16.4. The lowest BCUT2D eigenvalue weighted by molar-refractivity contribution is 0.0694. The van der Waals surface area contributed by atoms with E-state index in [4.69, 9.17) is 9.52 Å². The molecule has 100 valence electrons. The van der Waals surface area contributed by atoms with Crippen LogP contribution in [0.2, 0.25) is 0 Å². The molecule has 2 N–H and O–H groups in total. The van der Waals surface area contributed by atoms with Gasteiger partial charge in [-0.2, -0.15) is 0 Å². The third-order valence-corrected chi connectivity index (χ3v) is 3.56. The second-order valence-corrected chi connectivity index (χ2v) is 4.82. The molecule has 1 aliphatic rings. The highest BCUT2D eigenvalue weighted by molar-refractivity contribution is 5.88. The fourth-order valence-corrected chi connectivity index (χ4v) is 2.42. The maximum absolute atomic E-state index is 10.9. The molecule has 1 saturated heterocycles. The van der Waals surface area contributed by atoms with E-state index in [1.54, 1.807) is 0 Å². The van der Waals surface area contributed by atoms with Crippen molar-refractivity contribution < 1.29 is 14.3 Å². The van der Waals surface area contributed by atoms with Crippen LogP contribution in [-0.2, 0) is 6.54 Å². The van der Waals surface area contributed by atoms with Crippen LogP contribution in [0.25, 0.3) is 0 Å². The summed E-state index contributed by atoms with van der Waals surface area (Å²) in [6, 6.07) is 2.04. The molecule has 0 amide bonds. The summed E-state index contributed by atoms with van der Waals surface area (Å²) in [7, 11) is 2.14. The van der Waals surface area contributed by atoms with Crippen LogP contribution in [0.1, 0.15) is 35.4 Å². The molecule has 1 unspecified atom stereocenters. The van der Waals surface area contributed by atoms with Crippen molar-refractivity contribution in [1.29, 1.82) is 0 Å². The SMILES string of the molecule is CN1CCCCC1CNCc1occc1C(=O)O. The van der Waals surface area contributed by atoms with Crippen molar-refractivity contribution in [2.24, 2.45) is 0 Å². The molecule has 0 radical (unpaired) electrons. The first-order valence-electron chi connectivity index (χ1n) is 6.39. The molecule has 1 aliphatic heterocycles. The summed E-state index contributed by atoms with van der Waals surface area (Å²) in [5.74, 6) is -0.434. The smallest absolute Gasteiger partial charge is 0.339 e. The van der Waals surface area contributed by atoms with E-state index in [1.807, 2.05) is 0 Å². The number of carboxylic acid groups (broad SMARTS) is 1. The van der Waals surface area contributed by atoms with Gasteiger partial charge in [0, 0.05) is 12.6 Å². The quantitative estimate of drug-likeness (QED) is 0.832. The maximum atomic E-state index is 10.9. The number of furan rings is 1. The molecule has 1 atom stereocenters. The highest BCUT2D eigenvalue weighted by Crippen LogP contribution is 2.15. The van der Waals surface area contributed by atoms with Gasteiger partial charge in [0.2, 0.25) is 0 Å². The van der Waals surface area contributed by atoms with Gasteiger partial charge in [0.05, 0.1) is 12.8 Å². The van der Waals surface area contributed by atoms with E-state index in [0.29, 0.717) is 18.3 Å². The third-order valence-electron chi connectivity index (χ3n) is 3.56. The number of rotatable bonds is 5. The van der Waals surface area contributed by atoms with Gasteiger partial charge in [0.25, 0.3) is 0 Å². The lowest BCUT2D eigenvalue weighted by Gasteiger charge is -2.32. The fraction of sp³-hybridized carbons (Fsp3) is 0.615. The van der Waals surface area contributed by atoms with Crippen molar-refractivity contribution in [3.05, 3.63) is 23.7 Å². The topological polar surface area (TPSA) is 65.7 Å². The minimum absolute atomic E-state index is 0.250. The summed E-state index contributed by atoms with van der Waals surface area (Å²) in [6.07, 6.45) is 5.17. The van der Waals surface area contributed by atoms with E-state index in [0.717, 1.165) is 13.1 Å². The number of hydrogen-bond acceptors (Lipinski definition) is 4. The van der Waals surface area contributed by atoms with Crippen molar-refractivity contribution >= 4 is 5.97 Å². The van der Waals surface area contributed by atoms with E-state index in [-0.39, 0.29) is 5.56 Å². The number of aromatic carboxylic acids is 1. The number of nitrogens with one attached hydrogen (secondary N) is 1. The lowest BCUT2D eigenvalue weighted by atomic mass is 10.0. The van der Waals surface area contributed by atoms with Crippen LogP contribution in [0.4, 0.5) is 0 Å². The van der Waals surface area contributed by atoms with Crippen LogP contribution >= 0.6 is 0 Å². The average Bonchev–Trinajstić information content (AvgIpc) is 2.80. The fourth-order valence-electron chi connectivity index (χ4n) is 2.42. The van der Waals surface area contributed by atoms with Gasteiger partial charge in [-0.1, -0.05) is 6.42 Å². The highest BCUT2D eigenvalue weighted by Gasteiger charge is 2.19. The molecule has 1 aromatic heterocycles. The summed E-state index contributed by atoms with van der Waals surface area (Å²) in [5, 5.41) is 12.2. The Labute approximate surface area is 107 Å². The predicted octanol–water partition coefficient (Wildman–Crippen LogP) is 1.55. The number of likely N-dealkylation sites (tertiary alicyclic amines) is 1. The largest absolute Gasteiger partial charge is 0.478 e. The number of carbonyl (C=O) groups is 1. The van der Waals surface area contributed by atoms with Crippen molar-refractivity contribution in [1.82, 2.24) is 10.2 Å². The van der Waals surface area contributed by atoms with Gasteiger partial charge in [0.1, 0.15) is 11.3 Å². The second kappa shape index (κ2) is 6.02. The van der Waals surface area contributed by atoms with Gasteiger partial charge in [0.15, 0.2) is 0 Å². The zero-order valence-corrected chi connectivity index (χ0v) is 10.7. The Hall–Kier alpha value is -1.33. The minimum atomic E-state index is -0.935. The van der Waals surface area contributed by atoms with E-state index >= 15 is 0 Å². The molecule has 2 rings (SSSR count). The Morgan fingerprint density at radius 1 is 1.61 bits per heavy atom. The molecule has 0 saturated carbocycles. The summed E-state index contributed by atoms with van der Waals surface area (Å²) < 4.78 is 5.19. The Kier molecular flexibility index (Phi) is 4.38. The first-order chi connectivity index (χ1) is 8.68. The van der Waals surface area contributed by atoms with E-state index in [2.05, 4.69) is 17.3 Å². The lowest BCUT2D eigenvalue weighted by Crippen LogP contribution is -2.42. The van der Waals surface area contributed by atoms with E-state index < -0.39 is 5.97 Å². The van der Waals surface area contributed by atoms with Crippen molar-refractivity contribution in [2.75, 3.05) is 20.1 Å². The molecule has 1 aromatic rings. The molecule has 5 heteroatoms. The van der Waals surface area contributed by atoms with Gasteiger partial charge in [-0.25, -0.2) is 4.79 Å². The number of carboxylic acids is 1. The normalized spacial score (nSPS) is 21.1. The summed E-state index contributed by atoms with van der Waals surface area (Å²) in [6.45, 7) is 2.49. The number of piperidine rings is 1. The molecule has 18 heavy (non-hydrogen) atoms. The minimum Gasteiger partial charge on any atom is -0.478 e. The standard InChI is InChI=1S/C13H20N2O3/c1-15-6-3-2-4-10(15)8-14-9-12-11(13(16)17)5-7-18-12/h5,7,10,14H,2-4,6,8-9H2,1H3,(H,16,17). The van der Waals surface area contributed by atoms with Gasteiger partial charge in [-0.15, -0.1) is 0 Å². The van der Waals surface area contributed by atoms with Crippen molar-refractivity contribution in [3.8, 4) is 0 Å². The van der Waals surface area contributed by atoms with Gasteiger partial charge in [-0.05, 0) is 32.5 Å². The van der Waals surface area contributed by atoms with Gasteiger partial charge >= 0.3 is 5.97 Å². The number of likely N-dealkylation sites (N-methyl/N-ethyl adjacent to an activating group) is 1. The summed E-state index contributed by atoms with van der Waals surface area (Å²) in [4.78, 5) is 13.3. The predicted molar refractivity (Wildman–Crippen MR) is 67.6 cm³/mol. The van der Waals surface area contributed by atoms with E-state index in [9.17, 15) is 4.79 Å². The summed E-state index contributed by atoms with van der Waals surface area (Å²) >= 11 is 0. The maximum Gasteiger partial charge on any atom is 0.339 e. The molecule has 5 nitrogen and oxygen atoms in total. The Morgan fingerprint density at radius 3 is 3.17 bits per heavy atom. The Bertz CT molecular complexity index is 403. The number of hydrogen-bond donors (Lipinski definition) is 2. The molecular formula is C13H20N2O3. The Morgan fingerprint density at radius 2 is 2.44 bits per heavy atom. The Balaban J connectivity index is 1.81. The second-order valence-electron chi connectivity index (χ2n) is 4.82. The van der Waals surface area contributed by atoms with E-state index in [1.165, 1.54) is 31.6 Å². The monoisotopic (exact) mass is 252 g/mol. The molecule has 0 bridgehead atoms. The first-order valence-corrected chi connectivity index (χ1v) is 6.39. The molecule has 1 fully saturated rings. The van der Waals surface area contributed by atoms with Crippen LogP contribution < -0.4 is 5.32 Å². The van der Waals surface area contributed by atoms with Gasteiger partial charge in [-0.3, -0.25) is 0 Å². The van der Waals surface area contributed by atoms with Crippen molar-refractivity contribution in [3.63, 3.8) is 0 Å². The first kappa shape index (κ1) is 13.1.